The molecule has 0 amide bonds. The molecule has 0 radical (unpaired) electrons. The van der Waals surface area contributed by atoms with Crippen molar-refractivity contribution in [2.24, 2.45) is 11.8 Å². The lowest BCUT2D eigenvalue weighted by molar-refractivity contribution is -0.167. The molecule has 0 aromatic heterocycles. The second kappa shape index (κ2) is 46.9. The van der Waals surface area contributed by atoms with Gasteiger partial charge in [-0.25, -0.2) is 0 Å². The van der Waals surface area contributed by atoms with Gasteiger partial charge in [0.2, 0.25) is 0 Å². The maximum Gasteiger partial charge on any atom is 0.306 e. The Morgan fingerprint density at radius 2 is 0.550 bits per heavy atom. The Labute approximate surface area is 374 Å². The predicted octanol–water partition coefficient (Wildman–Crippen LogP) is 17.3. The highest BCUT2D eigenvalue weighted by Crippen LogP contribution is 2.18. The first-order valence-electron chi connectivity index (χ1n) is 26.7. The van der Waals surface area contributed by atoms with Gasteiger partial charge in [-0.15, -0.1) is 0 Å². The third kappa shape index (κ3) is 47.5. The Morgan fingerprint density at radius 3 is 0.817 bits per heavy atom. The number of hydrogen-bond acceptors (Lipinski definition) is 6. The van der Waals surface area contributed by atoms with E-state index in [1.807, 2.05) is 0 Å². The summed E-state index contributed by atoms with van der Waals surface area (Å²) in [5.74, 6) is 0.818. The number of hydrogen-bond donors (Lipinski definition) is 0. The molecular weight excluding hydrogens is 745 g/mol. The minimum atomic E-state index is -0.761. The molecule has 60 heavy (non-hydrogen) atoms. The number of rotatable bonds is 48. The largest absolute Gasteiger partial charge is 0.462 e. The maximum absolute atomic E-state index is 12.7. The molecule has 6 nitrogen and oxygen atoms in total. The van der Waals surface area contributed by atoms with Crippen molar-refractivity contribution in [2.75, 3.05) is 13.2 Å². The van der Waals surface area contributed by atoms with Gasteiger partial charge >= 0.3 is 17.9 Å². The molecule has 0 fully saturated rings. The first-order valence-corrected chi connectivity index (χ1v) is 26.7. The van der Waals surface area contributed by atoms with Crippen LogP contribution >= 0.6 is 0 Å². The van der Waals surface area contributed by atoms with E-state index in [1.165, 1.54) is 186 Å². The van der Waals surface area contributed by atoms with E-state index in [-0.39, 0.29) is 31.1 Å². The normalized spacial score (nSPS) is 12.1. The van der Waals surface area contributed by atoms with Crippen LogP contribution in [0.2, 0.25) is 0 Å². The third-order valence-corrected chi connectivity index (χ3v) is 12.2. The van der Waals surface area contributed by atoms with E-state index < -0.39 is 6.10 Å². The average molecular weight is 849 g/mol. The molecule has 0 aromatic rings. The van der Waals surface area contributed by atoms with Crippen LogP contribution in [0.15, 0.2) is 0 Å². The number of ether oxygens (including phenoxy) is 3. The van der Waals surface area contributed by atoms with E-state index >= 15 is 0 Å². The predicted molar refractivity (Wildman–Crippen MR) is 256 cm³/mol. The summed E-state index contributed by atoms with van der Waals surface area (Å²) in [6.45, 7) is 11.4. The maximum atomic E-state index is 12.7. The molecule has 0 bridgehead atoms. The molecule has 0 spiro atoms. The Balaban J connectivity index is 4.16. The van der Waals surface area contributed by atoms with Gasteiger partial charge in [0.25, 0.3) is 0 Å². The number of carbonyl (C=O) groups is 3. The molecule has 1 atom stereocenters. The van der Waals surface area contributed by atoms with E-state index in [9.17, 15) is 14.4 Å². The Bertz CT molecular complexity index is 916. The minimum Gasteiger partial charge on any atom is -0.462 e. The van der Waals surface area contributed by atoms with Gasteiger partial charge in [-0.05, 0) is 31.1 Å². The summed E-state index contributed by atoms with van der Waals surface area (Å²) in [7, 11) is 0. The monoisotopic (exact) mass is 849 g/mol. The first kappa shape index (κ1) is 58.4. The zero-order valence-electron chi connectivity index (χ0n) is 41.1. The van der Waals surface area contributed by atoms with Gasteiger partial charge in [-0.3, -0.25) is 14.4 Å². The average Bonchev–Trinajstić information content (AvgIpc) is 3.22. The lowest BCUT2D eigenvalue weighted by Crippen LogP contribution is -2.30. The van der Waals surface area contributed by atoms with Crippen LogP contribution in [0.4, 0.5) is 0 Å². The molecule has 0 aliphatic rings. The molecule has 0 unspecified atom stereocenters. The molecule has 0 N–H and O–H groups in total. The van der Waals surface area contributed by atoms with Crippen molar-refractivity contribution in [3.05, 3.63) is 0 Å². The van der Waals surface area contributed by atoms with Gasteiger partial charge in [0.05, 0.1) is 0 Å². The van der Waals surface area contributed by atoms with Crippen molar-refractivity contribution in [2.45, 2.75) is 304 Å². The fourth-order valence-electron chi connectivity index (χ4n) is 8.17. The molecule has 6 heteroatoms. The van der Waals surface area contributed by atoms with Crippen LogP contribution in [0, 0.1) is 11.8 Å². The molecule has 0 rings (SSSR count). The zero-order valence-corrected chi connectivity index (χ0v) is 41.1. The Kier molecular flexibility index (Phi) is 45.7. The second-order valence-electron chi connectivity index (χ2n) is 19.5. The van der Waals surface area contributed by atoms with Gasteiger partial charge in [0.1, 0.15) is 13.2 Å². The summed E-state index contributed by atoms with van der Waals surface area (Å²) in [4.78, 5) is 37.9. The highest BCUT2D eigenvalue weighted by molar-refractivity contribution is 5.71. The molecule has 356 valence electrons. The highest BCUT2D eigenvalue weighted by atomic mass is 16.6. The Morgan fingerprint density at radius 1 is 0.317 bits per heavy atom. The molecule has 0 aliphatic carbocycles. The molecule has 0 saturated carbocycles. The van der Waals surface area contributed by atoms with Crippen LogP contribution in [0.3, 0.4) is 0 Å². The van der Waals surface area contributed by atoms with E-state index in [2.05, 4.69) is 34.6 Å². The van der Waals surface area contributed by atoms with Crippen molar-refractivity contribution in [3.8, 4) is 0 Å². The minimum absolute atomic E-state index is 0.0637. The summed E-state index contributed by atoms with van der Waals surface area (Å²) in [6, 6.07) is 0. The molecule has 0 saturated heterocycles. The summed E-state index contributed by atoms with van der Waals surface area (Å²) in [6.07, 6.45) is 48.2. The lowest BCUT2D eigenvalue weighted by Gasteiger charge is -2.18. The molecule has 0 heterocycles. The van der Waals surface area contributed by atoms with Crippen LogP contribution in [-0.2, 0) is 28.6 Å². The molecule has 0 aliphatic heterocycles. The fraction of sp³-hybridized carbons (Fsp3) is 0.944. The van der Waals surface area contributed by atoms with E-state index in [1.54, 1.807) is 0 Å². The van der Waals surface area contributed by atoms with Crippen LogP contribution in [0.25, 0.3) is 0 Å². The van der Waals surface area contributed by atoms with E-state index in [0.29, 0.717) is 19.3 Å². The highest BCUT2D eigenvalue weighted by Gasteiger charge is 2.19. The number of esters is 3. The number of carbonyl (C=O) groups excluding carboxylic acids is 3. The van der Waals surface area contributed by atoms with E-state index in [4.69, 9.17) is 14.2 Å². The summed E-state index contributed by atoms with van der Waals surface area (Å²) < 4.78 is 16.8. The van der Waals surface area contributed by atoms with E-state index in [0.717, 1.165) is 69.6 Å². The van der Waals surface area contributed by atoms with Crippen molar-refractivity contribution in [1.82, 2.24) is 0 Å². The van der Waals surface area contributed by atoms with Gasteiger partial charge in [0.15, 0.2) is 6.10 Å². The fourth-order valence-corrected chi connectivity index (χ4v) is 8.17. The van der Waals surface area contributed by atoms with Gasteiger partial charge in [-0.1, -0.05) is 259 Å². The zero-order chi connectivity index (χ0) is 44.0. The summed E-state index contributed by atoms with van der Waals surface area (Å²) >= 11 is 0. The smallest absolute Gasteiger partial charge is 0.306 e. The summed E-state index contributed by atoms with van der Waals surface area (Å²) in [5.41, 5.74) is 0. The standard InChI is InChI=1S/C54H104O6/c1-6-7-8-9-10-22-31-36-41-46-54(57)60-51(48-59-53(56)45-40-35-30-26-21-24-28-33-38-43-50(4)5)47-58-52(55)44-39-34-29-25-20-18-16-14-12-11-13-15-17-19-23-27-32-37-42-49(2)3/h49-51H,6-48H2,1-5H3/t51-/m0/s1. The van der Waals surface area contributed by atoms with Crippen molar-refractivity contribution in [3.63, 3.8) is 0 Å². The number of unbranched alkanes of at least 4 members (excludes halogenated alkanes) is 33. The van der Waals surface area contributed by atoms with Gasteiger partial charge in [-0.2, -0.15) is 0 Å². The summed E-state index contributed by atoms with van der Waals surface area (Å²) in [5, 5.41) is 0. The van der Waals surface area contributed by atoms with Crippen molar-refractivity contribution >= 4 is 17.9 Å². The lowest BCUT2D eigenvalue weighted by atomic mass is 10.0. The first-order chi connectivity index (χ1) is 29.2. The van der Waals surface area contributed by atoms with Crippen molar-refractivity contribution < 1.29 is 28.6 Å². The quantitative estimate of drug-likeness (QED) is 0.0345. The Hall–Kier alpha value is -1.59. The SMILES string of the molecule is CCCCCCCCCCCC(=O)O[C@@H](COC(=O)CCCCCCCCCCCCCCCCCCCCC(C)C)COC(=O)CCCCCCCCCCCC(C)C. The topological polar surface area (TPSA) is 78.9 Å². The van der Waals surface area contributed by atoms with Crippen LogP contribution in [0.5, 0.6) is 0 Å². The third-order valence-electron chi connectivity index (χ3n) is 12.2. The van der Waals surface area contributed by atoms with Gasteiger partial charge < -0.3 is 14.2 Å². The van der Waals surface area contributed by atoms with Crippen LogP contribution in [-0.4, -0.2) is 37.2 Å². The second-order valence-corrected chi connectivity index (χ2v) is 19.5. The molecular formula is C54H104O6. The van der Waals surface area contributed by atoms with Gasteiger partial charge in [0, 0.05) is 19.3 Å². The van der Waals surface area contributed by atoms with Crippen LogP contribution in [0.1, 0.15) is 298 Å². The molecule has 0 aromatic carbocycles. The van der Waals surface area contributed by atoms with Crippen LogP contribution < -0.4 is 0 Å². The van der Waals surface area contributed by atoms with Crippen molar-refractivity contribution in [1.29, 1.82) is 0 Å².